The molecule has 0 aromatic carbocycles. The molecule has 0 bridgehead atoms. The Bertz CT molecular complexity index is 863. The molecule has 4 saturated carbocycles. The molecule has 4 aliphatic rings. The summed E-state index contributed by atoms with van der Waals surface area (Å²) in [7, 11) is -4.07. The van der Waals surface area contributed by atoms with Crippen LogP contribution in [0.4, 0.5) is 0 Å². The van der Waals surface area contributed by atoms with E-state index in [1.807, 2.05) is 0 Å². The maximum Gasteiger partial charge on any atom is 0.266 e. The lowest BCUT2D eigenvalue weighted by atomic mass is 9.43. The standard InChI is InChI=1S/C26H45NO6S/c1-16(4-9-24(30)27-12-13-34(31,32)33)20-7-8-21-19-6-5-17-14-18(28)10-11-25(17,2)22(19)15-23(29)26(20,21)3/h16-23,28-29H,4-15H2,1-3H3,(H,27,30)(H,31,32,33)/t16-,17+,18-,19+,20-,21+,22+,23+,25+,26-/m1/s1. The van der Waals surface area contributed by atoms with E-state index < -0.39 is 15.9 Å². The van der Waals surface area contributed by atoms with Gasteiger partial charge in [0.05, 0.1) is 18.0 Å². The topological polar surface area (TPSA) is 124 Å². The molecule has 0 aromatic rings. The molecule has 10 atom stereocenters. The summed E-state index contributed by atoms with van der Waals surface area (Å²) < 4.78 is 30.5. The summed E-state index contributed by atoms with van der Waals surface area (Å²) in [4.78, 5) is 12.2. The van der Waals surface area contributed by atoms with Crippen molar-refractivity contribution in [2.75, 3.05) is 12.3 Å². The first-order chi connectivity index (χ1) is 15.9. The number of hydrogen-bond acceptors (Lipinski definition) is 5. The van der Waals surface area contributed by atoms with Crippen LogP contribution in [-0.4, -0.2) is 53.6 Å². The summed E-state index contributed by atoms with van der Waals surface area (Å²) in [5.41, 5.74) is 0.105. The van der Waals surface area contributed by atoms with Crippen molar-refractivity contribution < 1.29 is 28.0 Å². The third-order valence-corrected chi connectivity index (χ3v) is 11.7. The Morgan fingerprint density at radius 3 is 2.50 bits per heavy atom. The minimum atomic E-state index is -4.07. The lowest BCUT2D eigenvalue weighted by Gasteiger charge is -2.62. The van der Waals surface area contributed by atoms with Gasteiger partial charge in [-0.05, 0) is 104 Å². The van der Waals surface area contributed by atoms with Gasteiger partial charge >= 0.3 is 0 Å². The van der Waals surface area contributed by atoms with Crippen molar-refractivity contribution in [1.82, 2.24) is 5.32 Å². The van der Waals surface area contributed by atoms with Crippen LogP contribution in [0.1, 0.15) is 85.0 Å². The van der Waals surface area contributed by atoms with Gasteiger partial charge in [0.15, 0.2) is 0 Å². The molecular formula is C26H45NO6S. The number of aliphatic hydroxyl groups excluding tert-OH is 2. The second-order valence-corrected chi connectivity index (χ2v) is 14.1. The van der Waals surface area contributed by atoms with Crippen molar-refractivity contribution in [3.63, 3.8) is 0 Å². The number of amides is 1. The second-order valence-electron chi connectivity index (χ2n) is 12.5. The van der Waals surface area contributed by atoms with Gasteiger partial charge in [0.2, 0.25) is 5.91 Å². The van der Waals surface area contributed by atoms with Gasteiger partial charge in [-0.2, -0.15) is 8.42 Å². The van der Waals surface area contributed by atoms with Gasteiger partial charge in [0.25, 0.3) is 10.1 Å². The van der Waals surface area contributed by atoms with Crippen LogP contribution in [0.15, 0.2) is 0 Å². The second kappa shape index (κ2) is 9.64. The van der Waals surface area contributed by atoms with Gasteiger partial charge in [0, 0.05) is 13.0 Å². The molecule has 7 nitrogen and oxygen atoms in total. The van der Waals surface area contributed by atoms with Gasteiger partial charge in [-0.3, -0.25) is 9.35 Å². The van der Waals surface area contributed by atoms with Crippen molar-refractivity contribution in [3.8, 4) is 0 Å². The van der Waals surface area contributed by atoms with Crippen LogP contribution in [0.2, 0.25) is 0 Å². The monoisotopic (exact) mass is 499 g/mol. The minimum Gasteiger partial charge on any atom is -0.393 e. The fraction of sp³-hybridized carbons (Fsp3) is 0.962. The molecule has 0 unspecified atom stereocenters. The highest BCUT2D eigenvalue weighted by Crippen LogP contribution is 2.68. The number of nitrogens with one attached hydrogen (secondary N) is 1. The lowest BCUT2D eigenvalue weighted by molar-refractivity contribution is -0.174. The summed E-state index contributed by atoms with van der Waals surface area (Å²) in [6.07, 6.45) is 8.93. The summed E-state index contributed by atoms with van der Waals surface area (Å²) in [5, 5.41) is 24.5. The highest BCUT2D eigenvalue weighted by Gasteiger charge is 2.63. The summed E-state index contributed by atoms with van der Waals surface area (Å²) in [5.74, 6) is 2.28. The summed E-state index contributed by atoms with van der Waals surface area (Å²) >= 11 is 0. The molecule has 4 aliphatic carbocycles. The zero-order valence-corrected chi connectivity index (χ0v) is 21.9. The van der Waals surface area contributed by atoms with E-state index in [1.54, 1.807) is 0 Å². The number of rotatable bonds is 7. The fourth-order valence-electron chi connectivity index (χ4n) is 9.13. The van der Waals surface area contributed by atoms with Gasteiger partial charge in [-0.25, -0.2) is 0 Å². The van der Waals surface area contributed by atoms with E-state index in [4.69, 9.17) is 4.55 Å². The van der Waals surface area contributed by atoms with Crippen molar-refractivity contribution in [2.24, 2.45) is 46.3 Å². The van der Waals surface area contributed by atoms with Gasteiger partial charge in [-0.1, -0.05) is 20.8 Å². The summed E-state index contributed by atoms with van der Waals surface area (Å²) in [6, 6.07) is 0. The van der Waals surface area contributed by atoms with E-state index in [1.165, 1.54) is 12.8 Å². The maximum atomic E-state index is 12.2. The number of carbonyl (C=O) groups excluding carboxylic acids is 1. The largest absolute Gasteiger partial charge is 0.393 e. The molecule has 8 heteroatoms. The van der Waals surface area contributed by atoms with Crippen LogP contribution in [0, 0.1) is 46.3 Å². The Balaban J connectivity index is 1.40. The van der Waals surface area contributed by atoms with E-state index in [9.17, 15) is 23.4 Å². The fourth-order valence-corrected chi connectivity index (χ4v) is 9.49. The lowest BCUT2D eigenvalue weighted by Crippen LogP contribution is -2.58. The Morgan fingerprint density at radius 2 is 1.79 bits per heavy atom. The third-order valence-electron chi connectivity index (χ3n) is 11.0. The van der Waals surface area contributed by atoms with Crippen LogP contribution in [-0.2, 0) is 14.9 Å². The number of carbonyl (C=O) groups is 1. The average Bonchev–Trinajstić information content (AvgIpc) is 3.11. The van der Waals surface area contributed by atoms with Crippen molar-refractivity contribution in [1.29, 1.82) is 0 Å². The molecule has 0 aromatic heterocycles. The molecule has 4 N–H and O–H groups in total. The van der Waals surface area contributed by atoms with Crippen LogP contribution in [0.3, 0.4) is 0 Å². The Kier molecular flexibility index (Phi) is 7.47. The predicted molar refractivity (Wildman–Crippen MR) is 130 cm³/mol. The Hall–Kier alpha value is -0.700. The first-order valence-corrected chi connectivity index (χ1v) is 15.0. The molecule has 34 heavy (non-hydrogen) atoms. The molecule has 4 rings (SSSR count). The van der Waals surface area contributed by atoms with Crippen LogP contribution < -0.4 is 5.32 Å². The van der Waals surface area contributed by atoms with Gasteiger partial charge in [0.1, 0.15) is 0 Å². The van der Waals surface area contributed by atoms with E-state index in [2.05, 4.69) is 26.1 Å². The molecule has 0 heterocycles. The average molecular weight is 500 g/mol. The van der Waals surface area contributed by atoms with Crippen LogP contribution >= 0.6 is 0 Å². The molecule has 1 amide bonds. The van der Waals surface area contributed by atoms with E-state index in [0.29, 0.717) is 48.3 Å². The quantitative estimate of drug-likeness (QED) is 0.398. The number of hydrogen-bond donors (Lipinski definition) is 4. The molecule has 0 spiro atoms. The Labute approximate surface area is 205 Å². The van der Waals surface area contributed by atoms with Gasteiger partial charge < -0.3 is 15.5 Å². The van der Waals surface area contributed by atoms with Crippen LogP contribution in [0.25, 0.3) is 0 Å². The highest BCUT2D eigenvalue weighted by molar-refractivity contribution is 7.85. The SMILES string of the molecule is C[C@H](CCC(=O)NCCS(=O)(=O)O)[C@H]1CC[C@H]2[C@@H]3CC[C@H]4C[C@H](O)CC[C@]4(C)[C@H]3C[C@H](O)[C@]12C. The van der Waals surface area contributed by atoms with E-state index in [-0.39, 0.29) is 35.5 Å². The Morgan fingerprint density at radius 1 is 1.06 bits per heavy atom. The van der Waals surface area contributed by atoms with Crippen molar-refractivity contribution in [2.45, 2.75) is 97.2 Å². The molecule has 196 valence electrons. The molecule has 4 fully saturated rings. The zero-order chi connectivity index (χ0) is 24.9. The molecular weight excluding hydrogens is 454 g/mol. The molecule has 0 aliphatic heterocycles. The number of fused-ring (bicyclic) bond motifs is 5. The van der Waals surface area contributed by atoms with Crippen LogP contribution in [0.5, 0.6) is 0 Å². The minimum absolute atomic E-state index is 0.0756. The maximum absolute atomic E-state index is 12.2. The smallest absolute Gasteiger partial charge is 0.266 e. The normalized spacial score (nSPS) is 45.1. The van der Waals surface area contributed by atoms with Gasteiger partial charge in [-0.15, -0.1) is 0 Å². The zero-order valence-electron chi connectivity index (χ0n) is 21.1. The van der Waals surface area contributed by atoms with Crippen molar-refractivity contribution >= 4 is 16.0 Å². The molecule has 0 saturated heterocycles. The highest BCUT2D eigenvalue weighted by atomic mass is 32.2. The summed E-state index contributed by atoms with van der Waals surface area (Å²) in [6.45, 7) is 6.86. The van der Waals surface area contributed by atoms with E-state index in [0.717, 1.165) is 38.5 Å². The first-order valence-electron chi connectivity index (χ1n) is 13.4. The predicted octanol–water partition coefficient (Wildman–Crippen LogP) is 3.40. The van der Waals surface area contributed by atoms with Crippen molar-refractivity contribution in [3.05, 3.63) is 0 Å². The third kappa shape index (κ3) is 4.81. The van der Waals surface area contributed by atoms with E-state index >= 15 is 0 Å². The molecule has 0 radical (unpaired) electrons. The number of aliphatic hydroxyl groups is 2. The first kappa shape index (κ1) is 26.4.